The van der Waals surface area contributed by atoms with Gasteiger partial charge in [0.15, 0.2) is 0 Å². The van der Waals surface area contributed by atoms with E-state index in [2.05, 4.69) is 5.32 Å². The van der Waals surface area contributed by atoms with Crippen molar-refractivity contribution in [2.45, 2.75) is 44.1 Å². The Morgan fingerprint density at radius 3 is 2.44 bits per heavy atom. The van der Waals surface area contributed by atoms with E-state index in [1.165, 1.54) is 0 Å². The molecule has 1 aliphatic rings. The first-order valence-corrected chi connectivity index (χ1v) is 5.66. The number of carboxylic acids is 1. The van der Waals surface area contributed by atoms with Crippen molar-refractivity contribution in [1.82, 2.24) is 5.32 Å². The summed E-state index contributed by atoms with van der Waals surface area (Å²) in [6, 6.07) is 0. The van der Waals surface area contributed by atoms with Crippen LogP contribution in [-0.4, -0.2) is 36.2 Å². The quantitative estimate of drug-likeness (QED) is 0.735. The molecule has 1 saturated carbocycles. The van der Waals surface area contributed by atoms with E-state index < -0.39 is 11.6 Å². The zero-order chi connectivity index (χ0) is 12.0. The summed E-state index contributed by atoms with van der Waals surface area (Å²) < 4.78 is 5.34. The Bertz CT molecular complexity index is 259. The minimum absolute atomic E-state index is 0.0501. The van der Waals surface area contributed by atoms with Gasteiger partial charge in [-0.15, -0.1) is 0 Å². The van der Waals surface area contributed by atoms with Crippen molar-refractivity contribution in [3.8, 4) is 0 Å². The predicted molar refractivity (Wildman–Crippen MR) is 58.1 cm³/mol. The number of carboxylic acid groups (broad SMARTS) is 1. The van der Waals surface area contributed by atoms with Gasteiger partial charge in [-0.1, -0.05) is 19.3 Å². The summed E-state index contributed by atoms with van der Waals surface area (Å²) in [5.74, 6) is -1.08. The smallest absolute Gasteiger partial charge is 0.305 e. The van der Waals surface area contributed by atoms with E-state index in [0.29, 0.717) is 0 Å². The minimum atomic E-state index is -0.907. The Hall–Kier alpha value is -1.10. The number of ether oxygens (including phenoxy) is 1. The summed E-state index contributed by atoms with van der Waals surface area (Å²) >= 11 is 0. The number of carbonyl (C=O) groups excluding carboxylic acids is 1. The molecule has 16 heavy (non-hydrogen) atoms. The van der Waals surface area contributed by atoms with Gasteiger partial charge in [-0.05, 0) is 12.8 Å². The van der Waals surface area contributed by atoms with Crippen LogP contribution in [0.25, 0.3) is 0 Å². The highest BCUT2D eigenvalue weighted by Crippen LogP contribution is 2.31. The van der Waals surface area contributed by atoms with Gasteiger partial charge in [-0.3, -0.25) is 9.59 Å². The van der Waals surface area contributed by atoms with Crippen molar-refractivity contribution in [3.63, 3.8) is 0 Å². The number of hydrogen-bond donors (Lipinski definition) is 2. The average molecular weight is 229 g/mol. The van der Waals surface area contributed by atoms with Crippen molar-refractivity contribution in [3.05, 3.63) is 0 Å². The lowest BCUT2D eigenvalue weighted by molar-refractivity contribution is -0.147. The van der Waals surface area contributed by atoms with Crippen LogP contribution in [0.3, 0.4) is 0 Å². The molecule has 0 aromatic rings. The van der Waals surface area contributed by atoms with E-state index in [9.17, 15) is 9.59 Å². The third-order valence-electron chi connectivity index (χ3n) is 3.09. The largest absolute Gasteiger partial charge is 0.481 e. The van der Waals surface area contributed by atoms with Crippen LogP contribution in [0.5, 0.6) is 0 Å². The fourth-order valence-corrected chi connectivity index (χ4v) is 2.09. The van der Waals surface area contributed by atoms with Crippen molar-refractivity contribution < 1.29 is 19.4 Å². The summed E-state index contributed by atoms with van der Waals surface area (Å²) in [6.07, 6.45) is 4.50. The number of nitrogens with one attached hydrogen (secondary N) is 1. The first-order valence-electron chi connectivity index (χ1n) is 5.66. The van der Waals surface area contributed by atoms with Gasteiger partial charge in [0.05, 0.1) is 6.42 Å². The molecule has 1 fully saturated rings. The van der Waals surface area contributed by atoms with E-state index >= 15 is 0 Å². The van der Waals surface area contributed by atoms with Crippen LogP contribution in [0.15, 0.2) is 0 Å². The van der Waals surface area contributed by atoms with E-state index in [4.69, 9.17) is 9.84 Å². The molecule has 0 bridgehead atoms. The average Bonchev–Trinajstić information content (AvgIpc) is 2.29. The van der Waals surface area contributed by atoms with E-state index in [-0.39, 0.29) is 18.9 Å². The molecule has 1 rings (SSSR count). The standard InChI is InChI=1S/C11H19NO4/c1-16-11(6-3-2-4-7-11)10(15)12-8-5-9(13)14/h2-8H2,1H3,(H,12,15)(H,13,14). The fraction of sp³-hybridized carbons (Fsp3) is 0.818. The second-order valence-electron chi connectivity index (χ2n) is 4.16. The second kappa shape index (κ2) is 5.84. The molecule has 1 amide bonds. The van der Waals surface area contributed by atoms with Crippen molar-refractivity contribution in [2.75, 3.05) is 13.7 Å². The molecule has 5 nitrogen and oxygen atoms in total. The molecule has 0 heterocycles. The molecule has 0 atom stereocenters. The van der Waals surface area contributed by atoms with Crippen LogP contribution in [0.4, 0.5) is 0 Å². The highest BCUT2D eigenvalue weighted by Gasteiger charge is 2.39. The summed E-state index contributed by atoms with van der Waals surface area (Å²) in [6.45, 7) is 0.166. The normalized spacial score (nSPS) is 19.1. The molecule has 0 saturated heterocycles. The predicted octanol–water partition coefficient (Wildman–Crippen LogP) is 0.927. The lowest BCUT2D eigenvalue weighted by atomic mass is 9.84. The first-order chi connectivity index (χ1) is 7.60. The van der Waals surface area contributed by atoms with Gasteiger partial charge < -0.3 is 15.2 Å². The van der Waals surface area contributed by atoms with Gasteiger partial charge in [-0.2, -0.15) is 0 Å². The van der Waals surface area contributed by atoms with Crippen molar-refractivity contribution in [1.29, 1.82) is 0 Å². The number of hydrogen-bond acceptors (Lipinski definition) is 3. The zero-order valence-corrected chi connectivity index (χ0v) is 9.62. The van der Waals surface area contributed by atoms with E-state index in [0.717, 1.165) is 32.1 Å². The molecule has 0 unspecified atom stereocenters. The van der Waals surface area contributed by atoms with Crippen molar-refractivity contribution in [2.24, 2.45) is 0 Å². The number of methoxy groups -OCH3 is 1. The lowest BCUT2D eigenvalue weighted by Crippen LogP contribution is -2.49. The van der Waals surface area contributed by atoms with Gasteiger partial charge in [0.1, 0.15) is 5.60 Å². The Morgan fingerprint density at radius 2 is 1.94 bits per heavy atom. The molecule has 2 N–H and O–H groups in total. The Kier molecular flexibility index (Phi) is 4.73. The van der Waals surface area contributed by atoms with Crippen LogP contribution in [0, 0.1) is 0 Å². The summed E-state index contributed by atoms with van der Waals surface area (Å²) in [4.78, 5) is 22.2. The maximum absolute atomic E-state index is 11.9. The van der Waals surface area contributed by atoms with Crippen LogP contribution < -0.4 is 5.32 Å². The van der Waals surface area contributed by atoms with Crippen LogP contribution in [0.2, 0.25) is 0 Å². The third kappa shape index (κ3) is 3.20. The fourth-order valence-electron chi connectivity index (χ4n) is 2.09. The van der Waals surface area contributed by atoms with Crippen LogP contribution >= 0.6 is 0 Å². The molecule has 0 aromatic carbocycles. The molecular weight excluding hydrogens is 210 g/mol. The summed E-state index contributed by atoms with van der Waals surface area (Å²) in [5, 5.41) is 11.1. The highest BCUT2D eigenvalue weighted by atomic mass is 16.5. The Morgan fingerprint density at radius 1 is 1.31 bits per heavy atom. The first kappa shape index (κ1) is 13.0. The number of carbonyl (C=O) groups is 2. The number of rotatable bonds is 5. The van der Waals surface area contributed by atoms with Crippen molar-refractivity contribution >= 4 is 11.9 Å². The molecule has 1 aliphatic carbocycles. The Labute approximate surface area is 95.2 Å². The summed E-state index contributed by atoms with van der Waals surface area (Å²) in [5.41, 5.74) is -0.725. The molecule has 92 valence electrons. The molecule has 0 aromatic heterocycles. The third-order valence-corrected chi connectivity index (χ3v) is 3.09. The maximum atomic E-state index is 11.9. The SMILES string of the molecule is COC1(C(=O)NCCC(=O)O)CCCCC1. The second-order valence-corrected chi connectivity index (χ2v) is 4.16. The maximum Gasteiger partial charge on any atom is 0.305 e. The van der Waals surface area contributed by atoms with Crippen LogP contribution in [0.1, 0.15) is 38.5 Å². The lowest BCUT2D eigenvalue weighted by Gasteiger charge is -2.34. The number of aliphatic carboxylic acids is 1. The molecular formula is C11H19NO4. The molecule has 0 spiro atoms. The molecule has 0 radical (unpaired) electrons. The van der Waals surface area contributed by atoms with Crippen LogP contribution in [-0.2, 0) is 14.3 Å². The summed E-state index contributed by atoms with van der Waals surface area (Å²) in [7, 11) is 1.54. The minimum Gasteiger partial charge on any atom is -0.481 e. The van der Waals surface area contributed by atoms with E-state index in [1.807, 2.05) is 0 Å². The molecule has 5 heteroatoms. The topological polar surface area (TPSA) is 75.6 Å². The Balaban J connectivity index is 2.45. The van der Waals surface area contributed by atoms with Gasteiger partial charge in [0.2, 0.25) is 0 Å². The number of amides is 1. The van der Waals surface area contributed by atoms with Gasteiger partial charge in [0, 0.05) is 13.7 Å². The van der Waals surface area contributed by atoms with Gasteiger partial charge in [-0.25, -0.2) is 0 Å². The molecule has 0 aliphatic heterocycles. The van der Waals surface area contributed by atoms with Gasteiger partial charge >= 0.3 is 5.97 Å². The van der Waals surface area contributed by atoms with E-state index in [1.54, 1.807) is 7.11 Å². The zero-order valence-electron chi connectivity index (χ0n) is 9.62. The highest BCUT2D eigenvalue weighted by molar-refractivity contribution is 5.85. The monoisotopic (exact) mass is 229 g/mol. The van der Waals surface area contributed by atoms with Gasteiger partial charge in [0.25, 0.3) is 5.91 Å².